The molecule has 0 radical (unpaired) electrons. The van der Waals surface area contributed by atoms with Gasteiger partial charge in [0.25, 0.3) is 0 Å². The second kappa shape index (κ2) is 10.9. The summed E-state index contributed by atoms with van der Waals surface area (Å²) in [4.78, 5) is 14.6. The topological polar surface area (TPSA) is 38.8 Å². The predicted molar refractivity (Wildman–Crippen MR) is 144 cm³/mol. The van der Waals surface area contributed by atoms with Crippen molar-refractivity contribution in [1.82, 2.24) is 4.90 Å². The van der Waals surface area contributed by atoms with Crippen LogP contribution in [0.5, 0.6) is 0 Å². The fourth-order valence-electron chi connectivity index (χ4n) is 8.74. The monoisotopic (exact) mass is 549 g/mol. The van der Waals surface area contributed by atoms with E-state index in [1.54, 1.807) is 0 Å². The minimum atomic E-state index is -0.334. The Labute approximate surface area is 220 Å². The number of amides is 1. The number of carbonyl (C=O) groups is 1. The van der Waals surface area contributed by atoms with E-state index in [1.807, 2.05) is 25.8 Å². The Morgan fingerprint density at radius 2 is 1.69 bits per heavy atom. The molecule has 1 amide bonds. The normalized spacial score (nSPS) is 38.1. The van der Waals surface area contributed by atoms with Crippen LogP contribution in [0.15, 0.2) is 30.3 Å². The van der Waals surface area contributed by atoms with Crippen LogP contribution in [-0.4, -0.2) is 58.4 Å². The van der Waals surface area contributed by atoms with E-state index in [1.165, 1.54) is 36.6 Å². The quantitative estimate of drug-likeness (QED) is 0.339. The van der Waals surface area contributed by atoms with Gasteiger partial charge in [-0.3, -0.25) is 0 Å². The van der Waals surface area contributed by atoms with Crippen molar-refractivity contribution in [1.29, 1.82) is 0 Å². The molecule has 4 fully saturated rings. The molecule has 1 heterocycles. The van der Waals surface area contributed by atoms with Gasteiger partial charge in [0, 0.05) is 0 Å². The molecule has 1 aromatic carbocycles. The van der Waals surface area contributed by atoms with Crippen molar-refractivity contribution in [2.24, 2.45) is 28.6 Å². The van der Waals surface area contributed by atoms with Crippen molar-refractivity contribution in [3.63, 3.8) is 0 Å². The van der Waals surface area contributed by atoms with Gasteiger partial charge in [0.05, 0.1) is 0 Å². The van der Waals surface area contributed by atoms with Crippen LogP contribution in [0.3, 0.4) is 0 Å². The zero-order chi connectivity index (χ0) is 25.3. The molecule has 5 rings (SSSR count). The second-order valence-corrected chi connectivity index (χ2v) is 14.8. The summed E-state index contributed by atoms with van der Waals surface area (Å²) in [6.45, 7) is 12.9. The third-order valence-electron chi connectivity index (χ3n) is 10.1. The first kappa shape index (κ1) is 27.2. The molecule has 3 saturated carbocycles. The van der Waals surface area contributed by atoms with E-state index in [9.17, 15) is 4.79 Å². The van der Waals surface area contributed by atoms with Gasteiger partial charge in [-0.05, 0) is 0 Å². The van der Waals surface area contributed by atoms with Crippen LogP contribution >= 0.6 is 0 Å². The van der Waals surface area contributed by atoms with Gasteiger partial charge in [-0.25, -0.2) is 0 Å². The van der Waals surface area contributed by atoms with Gasteiger partial charge < -0.3 is 0 Å². The first-order valence-electron chi connectivity index (χ1n) is 14.0. The average Bonchev–Trinajstić information content (AvgIpc) is 3.46. The number of benzene rings is 1. The van der Waals surface area contributed by atoms with Gasteiger partial charge in [-0.15, -0.1) is 0 Å². The zero-order valence-corrected chi connectivity index (χ0v) is 24.5. The number of hydrogen-bond donors (Lipinski definition) is 0. The van der Waals surface area contributed by atoms with Crippen LogP contribution in [0.4, 0.5) is 0 Å². The summed E-state index contributed by atoms with van der Waals surface area (Å²) in [5, 5.41) is 0. The second-order valence-electron chi connectivity index (χ2n) is 11.6. The summed E-state index contributed by atoms with van der Waals surface area (Å²) in [6.07, 6.45) is 9.34. The van der Waals surface area contributed by atoms with Crippen LogP contribution in [0.2, 0.25) is 4.82 Å². The summed E-state index contributed by atoms with van der Waals surface area (Å²) < 4.78 is 14.2. The molecular weight excluding hydrogens is 501 g/mol. The van der Waals surface area contributed by atoms with Crippen molar-refractivity contribution in [2.75, 3.05) is 20.3 Å². The third-order valence-corrected chi connectivity index (χ3v) is 12.4. The van der Waals surface area contributed by atoms with Gasteiger partial charge in [-0.1, -0.05) is 13.8 Å². The Hall–Kier alpha value is -0.871. The van der Waals surface area contributed by atoms with Crippen LogP contribution in [0.25, 0.3) is 0 Å². The number of carbonyl (C=O) groups excluding carboxylic acids is 1. The van der Waals surface area contributed by atoms with E-state index in [0.29, 0.717) is 43.6 Å². The van der Waals surface area contributed by atoms with Gasteiger partial charge >= 0.3 is 207 Å². The summed E-state index contributed by atoms with van der Waals surface area (Å²) in [5.41, 5.74) is 0.289. The molecule has 1 aromatic rings. The van der Waals surface area contributed by atoms with Gasteiger partial charge in [0.15, 0.2) is 0 Å². The Balaban J connectivity index is 0.00000141. The number of nitrogens with zero attached hydrogens (tertiary/aromatic N) is 1. The molecule has 0 N–H and O–H groups in total. The fraction of sp³-hybridized carbons (Fsp3) is 0.767. The molecule has 4 nitrogen and oxygen atoms in total. The molecule has 1 saturated heterocycles. The first-order valence-corrected chi connectivity index (χ1v) is 15.8. The summed E-state index contributed by atoms with van der Waals surface area (Å²) in [6, 6.07) is 11.3. The molecule has 1 spiro atoms. The van der Waals surface area contributed by atoms with E-state index >= 15 is 0 Å². The van der Waals surface area contributed by atoms with E-state index in [2.05, 4.69) is 51.1 Å². The fourth-order valence-corrected chi connectivity index (χ4v) is 11.3. The van der Waals surface area contributed by atoms with Crippen LogP contribution < -0.4 is 4.46 Å². The van der Waals surface area contributed by atoms with Crippen molar-refractivity contribution in [3.8, 4) is 0 Å². The molecule has 7 atom stereocenters. The molecular formula is C30H47NO3Se. The number of rotatable bonds is 6. The van der Waals surface area contributed by atoms with E-state index in [4.69, 9.17) is 9.47 Å². The number of fused-ring (bicyclic) bond motifs is 4. The molecule has 5 heteroatoms. The van der Waals surface area contributed by atoms with E-state index < -0.39 is 0 Å². The molecule has 196 valence electrons. The number of ether oxygens (including phenoxy) is 2. The predicted octanol–water partition coefficient (Wildman–Crippen LogP) is 5.68. The standard InChI is InChI=1S/C28H41NO3Se.C2H6/c1-20(33-21-8-6-5-7-9-21)18-26(2)23-12-14-27(3)24(13-15-28(27)31-16-17-32-28)22(23)10-11-25(26)29(4)19-30;1-2/h5-9,19-20,22-25H,10-18H2,1-4H3;1-2H3. The summed E-state index contributed by atoms with van der Waals surface area (Å²) >= 11 is 0.452. The Bertz CT molecular complexity index is 843. The van der Waals surface area contributed by atoms with Gasteiger partial charge in [0.2, 0.25) is 0 Å². The summed E-state index contributed by atoms with van der Waals surface area (Å²) in [7, 11) is 2.01. The van der Waals surface area contributed by atoms with E-state index in [0.717, 1.165) is 32.5 Å². The van der Waals surface area contributed by atoms with Crippen LogP contribution in [0, 0.1) is 28.6 Å². The Morgan fingerprint density at radius 1 is 1.03 bits per heavy atom. The molecule has 3 aliphatic carbocycles. The SMILES string of the molecule is CC.CC(CC1(C)C2CCC3(C)C(CCC34OCCO4)C2CCC1N(C)C=O)[Se]c1ccccc1. The Morgan fingerprint density at radius 3 is 2.34 bits per heavy atom. The van der Waals surface area contributed by atoms with Crippen molar-refractivity contribution in [3.05, 3.63) is 30.3 Å². The van der Waals surface area contributed by atoms with Crippen LogP contribution in [0.1, 0.15) is 79.6 Å². The molecule has 1 aliphatic heterocycles. The van der Waals surface area contributed by atoms with Gasteiger partial charge in [-0.2, -0.15) is 0 Å². The maximum atomic E-state index is 11.9. The summed E-state index contributed by atoms with van der Waals surface area (Å²) in [5.74, 6) is 1.72. The van der Waals surface area contributed by atoms with Crippen molar-refractivity contribution < 1.29 is 14.3 Å². The molecule has 7 unspecified atom stereocenters. The first-order chi connectivity index (χ1) is 16.8. The minimum absolute atomic E-state index is 0.133. The zero-order valence-electron chi connectivity index (χ0n) is 22.8. The maximum absolute atomic E-state index is 11.9. The van der Waals surface area contributed by atoms with Crippen LogP contribution in [-0.2, 0) is 14.3 Å². The van der Waals surface area contributed by atoms with E-state index in [-0.39, 0.29) is 16.6 Å². The average molecular weight is 549 g/mol. The van der Waals surface area contributed by atoms with Crippen molar-refractivity contribution >= 4 is 25.8 Å². The third kappa shape index (κ3) is 4.65. The van der Waals surface area contributed by atoms with Gasteiger partial charge in [0.1, 0.15) is 0 Å². The van der Waals surface area contributed by atoms with Crippen molar-refractivity contribution in [2.45, 2.75) is 96.2 Å². The molecule has 4 aliphatic rings. The number of hydrogen-bond acceptors (Lipinski definition) is 3. The Kier molecular flexibility index (Phi) is 8.43. The molecule has 0 bridgehead atoms. The molecule has 0 aromatic heterocycles. The molecule has 35 heavy (non-hydrogen) atoms.